The Hall–Kier alpha value is -2.77. The number of aromatic nitrogens is 3. The van der Waals surface area contributed by atoms with Gasteiger partial charge >= 0.3 is 0 Å². The van der Waals surface area contributed by atoms with E-state index in [0.29, 0.717) is 39.6 Å². The molecule has 8 heteroatoms. The minimum Gasteiger partial charge on any atom is -0.493 e. The highest BCUT2D eigenvalue weighted by atomic mass is 35.5. The van der Waals surface area contributed by atoms with Crippen LogP contribution in [0, 0.1) is 0 Å². The van der Waals surface area contributed by atoms with Gasteiger partial charge in [-0.15, -0.1) is 16.8 Å². The molecule has 0 aliphatic carbocycles. The van der Waals surface area contributed by atoms with Crippen LogP contribution < -0.4 is 9.47 Å². The number of Topliss-reactive ketones (excluding diaryl/α,β-unsaturated/α-hetero) is 1. The molecular weight excluding hydrogens is 410 g/mol. The van der Waals surface area contributed by atoms with Crippen LogP contribution in [-0.2, 0) is 6.54 Å². The molecule has 0 aliphatic rings. The van der Waals surface area contributed by atoms with Crippen LogP contribution in [0.15, 0.2) is 60.3 Å². The van der Waals surface area contributed by atoms with Gasteiger partial charge in [-0.05, 0) is 42.5 Å². The monoisotopic (exact) mass is 429 g/mol. The molecule has 0 spiro atoms. The van der Waals surface area contributed by atoms with Crippen LogP contribution in [0.5, 0.6) is 11.5 Å². The van der Waals surface area contributed by atoms with E-state index in [1.54, 1.807) is 44.6 Å². The van der Waals surface area contributed by atoms with Gasteiger partial charge in [0.1, 0.15) is 0 Å². The maximum Gasteiger partial charge on any atom is 0.192 e. The van der Waals surface area contributed by atoms with Crippen molar-refractivity contribution in [3.8, 4) is 22.9 Å². The van der Waals surface area contributed by atoms with Crippen molar-refractivity contribution in [2.75, 3.05) is 20.0 Å². The van der Waals surface area contributed by atoms with Crippen molar-refractivity contribution >= 4 is 29.1 Å². The summed E-state index contributed by atoms with van der Waals surface area (Å²) in [6.45, 7) is 4.32. The summed E-state index contributed by atoms with van der Waals surface area (Å²) >= 11 is 7.21. The molecule has 1 aromatic heterocycles. The highest BCUT2D eigenvalue weighted by Gasteiger charge is 2.17. The fourth-order valence-corrected chi connectivity index (χ4v) is 3.70. The maximum absolute atomic E-state index is 12.5. The Morgan fingerprint density at radius 2 is 1.86 bits per heavy atom. The van der Waals surface area contributed by atoms with E-state index in [0.717, 1.165) is 5.56 Å². The molecule has 0 atom stereocenters. The van der Waals surface area contributed by atoms with Crippen LogP contribution in [0.3, 0.4) is 0 Å². The minimum absolute atomic E-state index is 0.00696. The molecule has 3 aromatic rings. The highest BCUT2D eigenvalue weighted by molar-refractivity contribution is 7.99. The number of hydrogen-bond acceptors (Lipinski definition) is 6. The van der Waals surface area contributed by atoms with Crippen molar-refractivity contribution in [3.05, 3.63) is 65.7 Å². The van der Waals surface area contributed by atoms with Crippen molar-refractivity contribution < 1.29 is 14.3 Å². The number of rotatable bonds is 9. The summed E-state index contributed by atoms with van der Waals surface area (Å²) in [5, 5.41) is 9.82. The van der Waals surface area contributed by atoms with Gasteiger partial charge < -0.3 is 9.47 Å². The third kappa shape index (κ3) is 4.81. The molecule has 1 heterocycles. The first-order valence-corrected chi connectivity index (χ1v) is 10.1. The van der Waals surface area contributed by atoms with Crippen molar-refractivity contribution in [2.45, 2.75) is 11.7 Å². The smallest absolute Gasteiger partial charge is 0.192 e. The van der Waals surface area contributed by atoms with Gasteiger partial charge in [0, 0.05) is 22.7 Å². The number of hydrogen-bond donors (Lipinski definition) is 0. The zero-order valence-corrected chi connectivity index (χ0v) is 17.7. The van der Waals surface area contributed by atoms with Gasteiger partial charge in [0.15, 0.2) is 28.3 Å². The number of nitrogens with zero attached hydrogens (tertiary/aromatic N) is 3. The van der Waals surface area contributed by atoms with Crippen LogP contribution in [0.1, 0.15) is 10.4 Å². The summed E-state index contributed by atoms with van der Waals surface area (Å²) in [7, 11) is 3.17. The number of thioether (sulfide) groups is 1. The summed E-state index contributed by atoms with van der Waals surface area (Å²) < 4.78 is 12.6. The maximum atomic E-state index is 12.5. The minimum atomic E-state index is -0.00696. The second kappa shape index (κ2) is 9.62. The van der Waals surface area contributed by atoms with Gasteiger partial charge in [0.05, 0.1) is 20.0 Å². The Morgan fingerprint density at radius 1 is 1.14 bits per heavy atom. The molecule has 0 radical (unpaired) electrons. The first-order chi connectivity index (χ1) is 14.1. The molecule has 0 saturated carbocycles. The Labute approximate surface area is 178 Å². The number of carbonyl (C=O) groups excluding carboxylic acids is 1. The van der Waals surface area contributed by atoms with E-state index in [4.69, 9.17) is 21.1 Å². The average Bonchev–Trinajstić information content (AvgIpc) is 3.14. The largest absolute Gasteiger partial charge is 0.493 e. The van der Waals surface area contributed by atoms with Crippen LogP contribution in [0.2, 0.25) is 5.02 Å². The molecule has 0 N–H and O–H groups in total. The second-order valence-electron chi connectivity index (χ2n) is 5.99. The van der Waals surface area contributed by atoms with Crippen LogP contribution >= 0.6 is 23.4 Å². The highest BCUT2D eigenvalue weighted by Crippen LogP contribution is 2.33. The Morgan fingerprint density at radius 3 is 2.52 bits per heavy atom. The molecule has 0 saturated heterocycles. The van der Waals surface area contributed by atoms with Gasteiger partial charge in [-0.2, -0.15) is 0 Å². The lowest BCUT2D eigenvalue weighted by molar-refractivity contribution is 0.102. The van der Waals surface area contributed by atoms with E-state index >= 15 is 0 Å². The van der Waals surface area contributed by atoms with E-state index in [2.05, 4.69) is 16.8 Å². The summed E-state index contributed by atoms with van der Waals surface area (Å²) in [4.78, 5) is 12.5. The van der Waals surface area contributed by atoms with Gasteiger partial charge in [-0.3, -0.25) is 9.36 Å². The molecule has 0 amide bonds. The number of ether oxygens (including phenoxy) is 2. The molecule has 2 aromatic carbocycles. The van der Waals surface area contributed by atoms with E-state index in [-0.39, 0.29) is 11.5 Å². The Balaban J connectivity index is 1.84. The molecular formula is C21H20ClN3O3S. The average molecular weight is 430 g/mol. The zero-order chi connectivity index (χ0) is 20.8. The number of carbonyl (C=O) groups is 1. The zero-order valence-electron chi connectivity index (χ0n) is 16.1. The summed E-state index contributed by atoms with van der Waals surface area (Å²) in [6, 6.07) is 12.4. The van der Waals surface area contributed by atoms with E-state index in [1.807, 2.05) is 22.8 Å². The van der Waals surface area contributed by atoms with Crippen molar-refractivity contribution in [1.29, 1.82) is 0 Å². The van der Waals surface area contributed by atoms with E-state index in [9.17, 15) is 4.79 Å². The van der Waals surface area contributed by atoms with Crippen LogP contribution in [0.4, 0.5) is 0 Å². The molecule has 0 unspecified atom stereocenters. The molecule has 6 nitrogen and oxygen atoms in total. The molecule has 0 aliphatic heterocycles. The predicted molar refractivity (Wildman–Crippen MR) is 115 cm³/mol. The Bertz CT molecular complexity index is 1020. The molecule has 0 fully saturated rings. The number of methoxy groups -OCH3 is 2. The fraction of sp³-hybridized carbons (Fsp3) is 0.190. The lowest BCUT2D eigenvalue weighted by Crippen LogP contribution is -2.05. The third-order valence-corrected chi connectivity index (χ3v) is 5.39. The molecule has 29 heavy (non-hydrogen) atoms. The number of halogens is 1. The molecule has 150 valence electrons. The van der Waals surface area contributed by atoms with E-state index in [1.165, 1.54) is 11.8 Å². The SMILES string of the molecule is C=CCn1c(SCC(=O)c2ccc(Cl)cc2)nnc1-c1ccc(OC)c(OC)c1. The summed E-state index contributed by atoms with van der Waals surface area (Å²) in [5.41, 5.74) is 1.43. The van der Waals surface area contributed by atoms with Crippen molar-refractivity contribution in [2.24, 2.45) is 0 Å². The number of ketones is 1. The van der Waals surface area contributed by atoms with Gasteiger partial charge in [-0.25, -0.2) is 0 Å². The Kier molecular flexibility index (Phi) is 6.95. The van der Waals surface area contributed by atoms with Crippen molar-refractivity contribution in [1.82, 2.24) is 14.8 Å². The van der Waals surface area contributed by atoms with Gasteiger partial charge in [0.2, 0.25) is 0 Å². The lowest BCUT2D eigenvalue weighted by atomic mass is 10.1. The quantitative estimate of drug-likeness (QED) is 0.277. The standard InChI is InChI=1S/C21H20ClN3O3S/c1-4-11-25-20(15-7-10-18(27-2)19(12-15)28-3)23-24-21(25)29-13-17(26)14-5-8-16(22)9-6-14/h4-10,12H,1,11,13H2,2-3H3. The molecule has 0 bridgehead atoms. The van der Waals surface area contributed by atoms with E-state index < -0.39 is 0 Å². The van der Waals surface area contributed by atoms with Crippen LogP contribution in [0.25, 0.3) is 11.4 Å². The van der Waals surface area contributed by atoms with Gasteiger partial charge in [-0.1, -0.05) is 29.4 Å². The van der Waals surface area contributed by atoms with Crippen LogP contribution in [-0.4, -0.2) is 40.5 Å². The lowest BCUT2D eigenvalue weighted by Gasteiger charge is -2.11. The molecule has 3 rings (SSSR count). The topological polar surface area (TPSA) is 66.2 Å². The normalized spacial score (nSPS) is 10.6. The fourth-order valence-electron chi connectivity index (χ4n) is 2.73. The number of allylic oxidation sites excluding steroid dienone is 1. The predicted octanol–water partition coefficient (Wildman–Crippen LogP) is 4.78. The third-order valence-electron chi connectivity index (χ3n) is 4.17. The summed E-state index contributed by atoms with van der Waals surface area (Å²) in [5.74, 6) is 2.13. The van der Waals surface area contributed by atoms with Crippen molar-refractivity contribution in [3.63, 3.8) is 0 Å². The van der Waals surface area contributed by atoms with Gasteiger partial charge in [0.25, 0.3) is 0 Å². The first-order valence-electron chi connectivity index (χ1n) is 8.75. The summed E-state index contributed by atoms with van der Waals surface area (Å²) in [6.07, 6.45) is 1.76. The second-order valence-corrected chi connectivity index (χ2v) is 7.37. The number of benzene rings is 2. The first kappa shape index (κ1) is 21.0.